The number of amides is 1. The van der Waals surface area contributed by atoms with Gasteiger partial charge in [0.2, 0.25) is 5.91 Å². The van der Waals surface area contributed by atoms with Gasteiger partial charge in [-0.15, -0.1) is 0 Å². The highest BCUT2D eigenvalue weighted by Gasteiger charge is 2.26. The van der Waals surface area contributed by atoms with Crippen molar-refractivity contribution < 1.29 is 9.90 Å². The Balaban J connectivity index is 1.41. The highest BCUT2D eigenvalue weighted by molar-refractivity contribution is 5.78. The van der Waals surface area contributed by atoms with Crippen LogP contribution in [0.1, 0.15) is 12.0 Å². The molecule has 0 aromatic heterocycles. The lowest BCUT2D eigenvalue weighted by molar-refractivity contribution is -0.134. The molecule has 0 spiro atoms. The van der Waals surface area contributed by atoms with Crippen molar-refractivity contribution >= 4 is 5.91 Å². The summed E-state index contributed by atoms with van der Waals surface area (Å²) in [5.74, 6) is 0.591. The number of nitrogens with zero attached hydrogens (tertiary/aromatic N) is 3. The standard InChI is InChI=1S/C18H27N3O2/c22-15-17-6-7-20(13-17)14-18(23)21-10-8-19(9-11-21)12-16-4-2-1-3-5-16/h1-5,17,22H,6-15H2. The lowest BCUT2D eigenvalue weighted by Crippen LogP contribution is -2.50. The minimum Gasteiger partial charge on any atom is -0.396 e. The maximum Gasteiger partial charge on any atom is 0.236 e. The molecule has 0 saturated carbocycles. The lowest BCUT2D eigenvalue weighted by atomic mass is 10.1. The van der Waals surface area contributed by atoms with Gasteiger partial charge in [-0.3, -0.25) is 14.6 Å². The molecule has 2 heterocycles. The third-order valence-corrected chi connectivity index (χ3v) is 4.96. The molecule has 1 atom stereocenters. The van der Waals surface area contributed by atoms with Crippen LogP contribution in [-0.2, 0) is 11.3 Å². The smallest absolute Gasteiger partial charge is 0.236 e. The van der Waals surface area contributed by atoms with Crippen LogP contribution in [0.4, 0.5) is 0 Å². The molecule has 1 unspecified atom stereocenters. The molecule has 1 N–H and O–H groups in total. The Bertz CT molecular complexity index is 500. The fraction of sp³-hybridized carbons (Fsp3) is 0.611. The SMILES string of the molecule is O=C(CN1CCC(CO)C1)N1CCN(Cc2ccccc2)CC1. The quantitative estimate of drug-likeness (QED) is 0.866. The second-order valence-electron chi connectivity index (χ2n) is 6.71. The predicted octanol–water partition coefficient (Wildman–Crippen LogP) is 0.645. The van der Waals surface area contributed by atoms with Crippen molar-refractivity contribution in [3.63, 3.8) is 0 Å². The average molecular weight is 317 g/mol. The van der Waals surface area contributed by atoms with Crippen LogP contribution >= 0.6 is 0 Å². The van der Waals surface area contributed by atoms with Gasteiger partial charge in [0, 0.05) is 45.9 Å². The topological polar surface area (TPSA) is 47.0 Å². The van der Waals surface area contributed by atoms with Crippen molar-refractivity contribution in [1.82, 2.24) is 14.7 Å². The van der Waals surface area contributed by atoms with Crippen molar-refractivity contribution in [3.05, 3.63) is 35.9 Å². The summed E-state index contributed by atoms with van der Waals surface area (Å²) in [7, 11) is 0. The normalized spacial score (nSPS) is 23.3. The number of aliphatic hydroxyl groups excluding tert-OH is 1. The molecule has 1 aromatic carbocycles. The minimum atomic E-state index is 0.239. The van der Waals surface area contributed by atoms with E-state index in [1.165, 1.54) is 5.56 Å². The molecule has 5 heteroatoms. The largest absolute Gasteiger partial charge is 0.396 e. The van der Waals surface area contributed by atoms with Gasteiger partial charge in [0.1, 0.15) is 0 Å². The Morgan fingerprint density at radius 3 is 2.43 bits per heavy atom. The zero-order chi connectivity index (χ0) is 16.1. The molecule has 5 nitrogen and oxygen atoms in total. The summed E-state index contributed by atoms with van der Waals surface area (Å²) in [5, 5.41) is 9.19. The van der Waals surface area contributed by atoms with Gasteiger partial charge in [0.05, 0.1) is 6.54 Å². The van der Waals surface area contributed by atoms with E-state index in [0.717, 1.165) is 52.2 Å². The van der Waals surface area contributed by atoms with E-state index in [1.807, 2.05) is 11.0 Å². The first-order valence-corrected chi connectivity index (χ1v) is 8.62. The van der Waals surface area contributed by atoms with Gasteiger partial charge < -0.3 is 10.0 Å². The molecular weight excluding hydrogens is 290 g/mol. The maximum absolute atomic E-state index is 12.4. The van der Waals surface area contributed by atoms with Crippen LogP contribution in [-0.4, -0.2) is 78.1 Å². The fourth-order valence-electron chi connectivity index (χ4n) is 3.49. The van der Waals surface area contributed by atoms with Crippen LogP contribution in [0, 0.1) is 5.92 Å². The summed E-state index contributed by atoms with van der Waals surface area (Å²) in [6.45, 7) is 7.04. The number of hydrogen-bond acceptors (Lipinski definition) is 4. The summed E-state index contributed by atoms with van der Waals surface area (Å²) >= 11 is 0. The summed E-state index contributed by atoms with van der Waals surface area (Å²) in [5.41, 5.74) is 1.33. The number of piperazine rings is 1. The number of rotatable bonds is 5. The first-order valence-electron chi connectivity index (χ1n) is 8.62. The van der Waals surface area contributed by atoms with E-state index in [4.69, 9.17) is 0 Å². The molecule has 0 radical (unpaired) electrons. The fourth-order valence-corrected chi connectivity index (χ4v) is 3.49. The van der Waals surface area contributed by atoms with Crippen LogP contribution in [0.2, 0.25) is 0 Å². The Kier molecular flexibility index (Phi) is 5.65. The van der Waals surface area contributed by atoms with Crippen molar-refractivity contribution in [1.29, 1.82) is 0 Å². The Morgan fingerprint density at radius 1 is 1.04 bits per heavy atom. The van der Waals surface area contributed by atoms with E-state index in [2.05, 4.69) is 34.1 Å². The Morgan fingerprint density at radius 2 is 1.78 bits per heavy atom. The van der Waals surface area contributed by atoms with E-state index in [1.54, 1.807) is 0 Å². The van der Waals surface area contributed by atoms with Gasteiger partial charge >= 0.3 is 0 Å². The highest BCUT2D eigenvalue weighted by atomic mass is 16.3. The molecule has 1 aromatic rings. The van der Waals surface area contributed by atoms with Crippen LogP contribution in [0.15, 0.2) is 30.3 Å². The van der Waals surface area contributed by atoms with Crippen LogP contribution in [0.3, 0.4) is 0 Å². The Hall–Kier alpha value is -1.43. The first kappa shape index (κ1) is 16.4. The summed E-state index contributed by atoms with van der Waals surface area (Å²) in [6, 6.07) is 10.5. The molecular formula is C18H27N3O2. The van der Waals surface area contributed by atoms with Crippen LogP contribution in [0.5, 0.6) is 0 Å². The molecule has 3 rings (SSSR count). The van der Waals surface area contributed by atoms with E-state index in [-0.39, 0.29) is 12.5 Å². The van der Waals surface area contributed by atoms with Gasteiger partial charge in [-0.25, -0.2) is 0 Å². The summed E-state index contributed by atoms with van der Waals surface area (Å²) in [6.07, 6.45) is 1.01. The van der Waals surface area contributed by atoms with Crippen molar-refractivity contribution in [2.24, 2.45) is 5.92 Å². The molecule has 2 fully saturated rings. The van der Waals surface area contributed by atoms with Crippen molar-refractivity contribution in [2.45, 2.75) is 13.0 Å². The average Bonchev–Trinajstić information content (AvgIpc) is 3.04. The molecule has 126 valence electrons. The summed E-state index contributed by atoms with van der Waals surface area (Å²) < 4.78 is 0. The Labute approximate surface area is 138 Å². The van der Waals surface area contributed by atoms with E-state index >= 15 is 0 Å². The van der Waals surface area contributed by atoms with E-state index in [9.17, 15) is 9.90 Å². The number of benzene rings is 1. The predicted molar refractivity (Wildman–Crippen MR) is 89.9 cm³/mol. The van der Waals surface area contributed by atoms with Crippen LogP contribution < -0.4 is 0 Å². The van der Waals surface area contributed by atoms with Gasteiger partial charge in [-0.05, 0) is 24.4 Å². The third kappa shape index (κ3) is 4.53. The highest BCUT2D eigenvalue weighted by Crippen LogP contribution is 2.15. The van der Waals surface area contributed by atoms with Gasteiger partial charge in [-0.1, -0.05) is 30.3 Å². The molecule has 2 aliphatic rings. The third-order valence-electron chi connectivity index (χ3n) is 4.96. The van der Waals surface area contributed by atoms with E-state index in [0.29, 0.717) is 12.5 Å². The zero-order valence-electron chi connectivity index (χ0n) is 13.7. The molecule has 1 amide bonds. The molecule has 2 saturated heterocycles. The zero-order valence-corrected chi connectivity index (χ0v) is 13.7. The number of carbonyl (C=O) groups is 1. The minimum absolute atomic E-state index is 0.239. The van der Waals surface area contributed by atoms with Crippen molar-refractivity contribution in [2.75, 3.05) is 52.4 Å². The number of carbonyl (C=O) groups excluding carboxylic acids is 1. The summed E-state index contributed by atoms with van der Waals surface area (Å²) in [4.78, 5) is 19.0. The monoisotopic (exact) mass is 317 g/mol. The van der Waals surface area contributed by atoms with Crippen molar-refractivity contribution in [3.8, 4) is 0 Å². The van der Waals surface area contributed by atoms with Gasteiger partial charge in [-0.2, -0.15) is 0 Å². The number of hydrogen-bond donors (Lipinski definition) is 1. The second kappa shape index (κ2) is 7.90. The first-order chi connectivity index (χ1) is 11.2. The molecule has 23 heavy (non-hydrogen) atoms. The van der Waals surface area contributed by atoms with Crippen LogP contribution in [0.25, 0.3) is 0 Å². The second-order valence-corrected chi connectivity index (χ2v) is 6.71. The van der Waals surface area contributed by atoms with E-state index < -0.39 is 0 Å². The molecule has 0 bridgehead atoms. The molecule has 0 aliphatic carbocycles. The van der Waals surface area contributed by atoms with Gasteiger partial charge in [0.15, 0.2) is 0 Å². The lowest BCUT2D eigenvalue weighted by Gasteiger charge is -2.35. The van der Waals surface area contributed by atoms with Gasteiger partial charge in [0.25, 0.3) is 0 Å². The molecule has 2 aliphatic heterocycles. The maximum atomic E-state index is 12.4. The number of aliphatic hydroxyl groups is 1. The number of likely N-dealkylation sites (tertiary alicyclic amines) is 1.